The van der Waals surface area contributed by atoms with Crippen LogP contribution in [0.2, 0.25) is 0 Å². The van der Waals surface area contributed by atoms with Gasteiger partial charge in [0.1, 0.15) is 6.10 Å². The number of fused-ring (bicyclic) bond motifs is 5. The fourth-order valence-corrected chi connectivity index (χ4v) is 7.92. The van der Waals surface area contributed by atoms with Crippen LogP contribution in [-0.4, -0.2) is 12.1 Å². The molecule has 0 aromatic heterocycles. The van der Waals surface area contributed by atoms with Crippen LogP contribution >= 0.6 is 0 Å². The monoisotopic (exact) mass is 438 g/mol. The van der Waals surface area contributed by atoms with E-state index in [4.69, 9.17) is 4.74 Å². The average Bonchev–Trinajstić information content (AvgIpc) is 3.08. The lowest BCUT2D eigenvalue weighted by molar-refractivity contribution is -0.148. The van der Waals surface area contributed by atoms with Crippen molar-refractivity contribution in [3.63, 3.8) is 0 Å². The summed E-state index contributed by atoms with van der Waals surface area (Å²) >= 11 is 0. The quantitative estimate of drug-likeness (QED) is 0.322. The minimum atomic E-state index is -0.136. The maximum Gasteiger partial charge on any atom is 0.302 e. The Hall–Kier alpha value is -1.31. The van der Waals surface area contributed by atoms with Gasteiger partial charge in [0.15, 0.2) is 0 Å². The lowest BCUT2D eigenvalue weighted by Crippen LogP contribution is -2.46. The van der Waals surface area contributed by atoms with Crippen molar-refractivity contribution in [2.24, 2.45) is 46.3 Å². The van der Waals surface area contributed by atoms with Crippen molar-refractivity contribution in [1.29, 1.82) is 0 Å². The fourth-order valence-electron chi connectivity index (χ4n) is 7.92. The van der Waals surface area contributed by atoms with Crippen molar-refractivity contribution in [3.8, 4) is 0 Å². The number of carbonyl (C=O) groups is 1. The summed E-state index contributed by atoms with van der Waals surface area (Å²) in [5.74, 6) is 4.11. The van der Waals surface area contributed by atoms with Gasteiger partial charge in [-0.15, -0.1) is 0 Å². The minimum absolute atomic E-state index is 0.0763. The summed E-state index contributed by atoms with van der Waals surface area (Å²) in [6, 6.07) is 0. The summed E-state index contributed by atoms with van der Waals surface area (Å²) in [4.78, 5) is 11.5. The number of hydrogen-bond acceptors (Lipinski definition) is 2. The maximum absolute atomic E-state index is 11.5. The molecule has 2 nitrogen and oxygen atoms in total. The Kier molecular flexibility index (Phi) is 6.56. The zero-order chi connectivity index (χ0) is 23.3. The first kappa shape index (κ1) is 23.8. The van der Waals surface area contributed by atoms with Gasteiger partial charge in [0.05, 0.1) is 0 Å². The van der Waals surface area contributed by atoms with Crippen molar-refractivity contribution in [3.05, 3.63) is 35.5 Å². The van der Waals surface area contributed by atoms with Crippen molar-refractivity contribution in [1.82, 2.24) is 0 Å². The van der Waals surface area contributed by atoms with Crippen LogP contribution in [0.5, 0.6) is 0 Å². The highest BCUT2D eigenvalue weighted by molar-refractivity contribution is 5.66. The van der Waals surface area contributed by atoms with E-state index in [-0.39, 0.29) is 17.5 Å². The minimum Gasteiger partial charge on any atom is -0.462 e. The van der Waals surface area contributed by atoms with E-state index in [1.165, 1.54) is 31.3 Å². The Morgan fingerprint density at radius 1 is 1.00 bits per heavy atom. The molecule has 0 aliphatic heterocycles. The number of hydrogen-bond donors (Lipinski definition) is 0. The molecule has 0 amide bonds. The van der Waals surface area contributed by atoms with Gasteiger partial charge in [-0.2, -0.15) is 0 Å². The molecule has 3 saturated carbocycles. The van der Waals surface area contributed by atoms with E-state index in [0.717, 1.165) is 31.1 Å². The fraction of sp³-hybridized carbons (Fsp3) is 0.767. The third-order valence-electron chi connectivity index (χ3n) is 10.3. The summed E-state index contributed by atoms with van der Waals surface area (Å²) in [7, 11) is 0. The van der Waals surface area contributed by atoms with Gasteiger partial charge in [-0.3, -0.25) is 4.79 Å². The molecule has 3 fully saturated rings. The van der Waals surface area contributed by atoms with Crippen molar-refractivity contribution < 1.29 is 9.53 Å². The van der Waals surface area contributed by atoms with E-state index in [1.807, 2.05) is 0 Å². The molecule has 0 bridgehead atoms. The van der Waals surface area contributed by atoms with Gasteiger partial charge in [0, 0.05) is 13.3 Å². The SMILES string of the molecule is CC(=O)O[C@H]1CC[C@@]2(C)C(=CC=C3[C@@H]4CC[C@H]([C@@H](C)/C=C/[C@@H](C)C(C)C)[C@@]4(C)CC[C@@H]32)C1. The summed E-state index contributed by atoms with van der Waals surface area (Å²) in [5.41, 5.74) is 3.98. The molecule has 8 atom stereocenters. The normalized spacial score (nSPS) is 40.8. The largest absolute Gasteiger partial charge is 0.462 e. The lowest BCUT2D eigenvalue weighted by Gasteiger charge is -2.55. The van der Waals surface area contributed by atoms with E-state index < -0.39 is 0 Å². The highest BCUT2D eigenvalue weighted by Gasteiger charge is 2.56. The Balaban J connectivity index is 1.54. The molecule has 0 heterocycles. The van der Waals surface area contributed by atoms with Crippen LogP contribution < -0.4 is 0 Å². The second-order valence-corrected chi connectivity index (χ2v) is 12.4. The van der Waals surface area contributed by atoms with Gasteiger partial charge in [0.25, 0.3) is 0 Å². The smallest absolute Gasteiger partial charge is 0.302 e. The van der Waals surface area contributed by atoms with Crippen LogP contribution in [-0.2, 0) is 9.53 Å². The third kappa shape index (κ3) is 4.05. The molecule has 0 saturated heterocycles. The molecule has 0 radical (unpaired) electrons. The predicted octanol–water partition coefficient (Wildman–Crippen LogP) is 7.90. The molecule has 0 unspecified atom stereocenters. The first-order chi connectivity index (χ1) is 15.1. The predicted molar refractivity (Wildman–Crippen MR) is 133 cm³/mol. The zero-order valence-corrected chi connectivity index (χ0v) is 21.6. The molecule has 0 aromatic rings. The molecule has 4 rings (SSSR count). The molecule has 0 aromatic carbocycles. The van der Waals surface area contributed by atoms with Gasteiger partial charge < -0.3 is 4.74 Å². The van der Waals surface area contributed by atoms with Crippen molar-refractivity contribution in [2.75, 3.05) is 0 Å². The van der Waals surface area contributed by atoms with Gasteiger partial charge >= 0.3 is 5.97 Å². The van der Waals surface area contributed by atoms with E-state index in [1.54, 1.807) is 12.5 Å². The molecule has 0 spiro atoms. The number of rotatable bonds is 5. The summed E-state index contributed by atoms with van der Waals surface area (Å²) < 4.78 is 5.59. The molecular weight excluding hydrogens is 392 g/mol. The summed E-state index contributed by atoms with van der Waals surface area (Å²) in [6.45, 7) is 16.1. The second-order valence-electron chi connectivity index (χ2n) is 12.4. The Morgan fingerprint density at radius 3 is 2.44 bits per heavy atom. The Morgan fingerprint density at radius 2 is 1.75 bits per heavy atom. The topological polar surface area (TPSA) is 26.3 Å². The molecule has 178 valence electrons. The highest BCUT2D eigenvalue weighted by Crippen LogP contribution is 2.66. The maximum atomic E-state index is 11.5. The van der Waals surface area contributed by atoms with E-state index in [9.17, 15) is 4.79 Å². The number of carbonyl (C=O) groups excluding carboxylic acids is 1. The first-order valence-electron chi connectivity index (χ1n) is 13.3. The van der Waals surface area contributed by atoms with Crippen LogP contribution in [0, 0.1) is 46.3 Å². The third-order valence-corrected chi connectivity index (χ3v) is 10.3. The van der Waals surface area contributed by atoms with Crippen LogP contribution in [0.25, 0.3) is 0 Å². The van der Waals surface area contributed by atoms with Crippen LogP contribution in [0.4, 0.5) is 0 Å². The van der Waals surface area contributed by atoms with E-state index in [2.05, 4.69) is 65.8 Å². The van der Waals surface area contributed by atoms with Gasteiger partial charge in [-0.25, -0.2) is 0 Å². The van der Waals surface area contributed by atoms with Crippen molar-refractivity contribution in [2.45, 2.75) is 99.5 Å². The molecule has 2 heteroatoms. The average molecular weight is 439 g/mol. The van der Waals surface area contributed by atoms with E-state index in [0.29, 0.717) is 29.1 Å². The highest BCUT2D eigenvalue weighted by atomic mass is 16.5. The first-order valence-corrected chi connectivity index (χ1v) is 13.3. The van der Waals surface area contributed by atoms with Crippen LogP contribution in [0.3, 0.4) is 0 Å². The number of allylic oxidation sites excluding steroid dienone is 5. The Labute approximate surface area is 197 Å². The Bertz CT molecular complexity index is 817. The summed E-state index contributed by atoms with van der Waals surface area (Å²) in [5, 5.41) is 0. The van der Waals surface area contributed by atoms with Gasteiger partial charge in [0.2, 0.25) is 0 Å². The molecule has 32 heavy (non-hydrogen) atoms. The number of esters is 1. The van der Waals surface area contributed by atoms with Crippen LogP contribution in [0.15, 0.2) is 35.5 Å². The zero-order valence-electron chi connectivity index (χ0n) is 21.6. The lowest BCUT2D eigenvalue weighted by atomic mass is 9.50. The van der Waals surface area contributed by atoms with E-state index >= 15 is 0 Å². The number of ether oxygens (including phenoxy) is 1. The molecular formula is C30H46O2. The van der Waals surface area contributed by atoms with Gasteiger partial charge in [-0.05, 0) is 84.9 Å². The van der Waals surface area contributed by atoms with Crippen LogP contribution in [0.1, 0.15) is 93.4 Å². The van der Waals surface area contributed by atoms with Crippen molar-refractivity contribution >= 4 is 5.97 Å². The summed E-state index contributed by atoms with van der Waals surface area (Å²) in [6.07, 6.45) is 18.5. The second kappa shape index (κ2) is 8.80. The molecule has 4 aliphatic carbocycles. The standard InChI is InChI=1S/C30H46O2/c1-19(2)20(3)8-9-21(4)26-12-13-27-25-11-10-23-18-24(32-22(5)31)14-16-29(23,6)28(25)15-17-30(26,27)7/h8-11,19-21,24,26-28H,12-18H2,1-7H3/b9-8+/t20-,21+,24+,26-,27+,28+,29+,30-/m1/s1. The molecule has 0 N–H and O–H groups in total. The van der Waals surface area contributed by atoms with Gasteiger partial charge in [-0.1, -0.05) is 77.0 Å². The molecule has 4 aliphatic rings.